The maximum Gasteiger partial charge on any atom is 0.410 e. The van der Waals surface area contributed by atoms with Crippen LogP contribution in [0.1, 0.15) is 31.2 Å². The SMILES string of the molecule is COCCNC(=O)C1CCN(C(=O)OCc2ccccc2)CC1.COCCNC(=O)C1CCNCC1. The molecule has 2 heterocycles. The fraction of sp³-hybridized carbons (Fsp3) is 0.654. The summed E-state index contributed by atoms with van der Waals surface area (Å²) < 4.78 is 15.1. The van der Waals surface area contributed by atoms with Crippen molar-refractivity contribution in [3.63, 3.8) is 0 Å². The minimum Gasteiger partial charge on any atom is -0.445 e. The molecule has 0 radical (unpaired) electrons. The van der Waals surface area contributed by atoms with Crippen LogP contribution in [0.3, 0.4) is 0 Å². The predicted octanol–water partition coefficient (Wildman–Crippen LogP) is 1.55. The molecule has 36 heavy (non-hydrogen) atoms. The zero-order chi connectivity index (χ0) is 26.0. The molecule has 2 saturated heterocycles. The molecule has 0 spiro atoms. The van der Waals surface area contributed by atoms with Crippen LogP contribution in [0.2, 0.25) is 0 Å². The molecule has 10 heteroatoms. The van der Waals surface area contributed by atoms with Crippen molar-refractivity contribution in [1.29, 1.82) is 0 Å². The monoisotopic (exact) mass is 506 g/mol. The van der Waals surface area contributed by atoms with Crippen molar-refractivity contribution in [3.05, 3.63) is 35.9 Å². The number of hydrogen-bond donors (Lipinski definition) is 3. The quantitative estimate of drug-likeness (QED) is 0.412. The van der Waals surface area contributed by atoms with E-state index in [1.165, 1.54) is 0 Å². The largest absolute Gasteiger partial charge is 0.445 e. The Morgan fingerprint density at radius 2 is 1.39 bits per heavy atom. The molecule has 3 rings (SSSR count). The van der Waals surface area contributed by atoms with Gasteiger partial charge in [0.1, 0.15) is 6.61 Å². The van der Waals surface area contributed by atoms with Gasteiger partial charge in [-0.15, -0.1) is 0 Å². The molecule has 2 aliphatic heterocycles. The maximum absolute atomic E-state index is 12.0. The average molecular weight is 507 g/mol. The van der Waals surface area contributed by atoms with Crippen LogP contribution in [0.25, 0.3) is 0 Å². The van der Waals surface area contributed by atoms with Crippen molar-refractivity contribution < 1.29 is 28.6 Å². The Labute approximate surface area is 214 Å². The molecule has 0 bridgehead atoms. The summed E-state index contributed by atoms with van der Waals surface area (Å²) in [6, 6.07) is 9.59. The van der Waals surface area contributed by atoms with Crippen LogP contribution >= 0.6 is 0 Å². The van der Waals surface area contributed by atoms with Gasteiger partial charge in [-0.2, -0.15) is 0 Å². The normalized spacial score (nSPS) is 16.4. The average Bonchev–Trinajstić information content (AvgIpc) is 2.93. The van der Waals surface area contributed by atoms with E-state index in [9.17, 15) is 14.4 Å². The van der Waals surface area contributed by atoms with E-state index in [0.29, 0.717) is 52.2 Å². The van der Waals surface area contributed by atoms with E-state index in [1.54, 1.807) is 19.1 Å². The summed E-state index contributed by atoms with van der Waals surface area (Å²) in [6.07, 6.45) is 2.93. The number of nitrogens with one attached hydrogen (secondary N) is 3. The number of carbonyl (C=O) groups excluding carboxylic acids is 3. The Bertz CT molecular complexity index is 765. The topological polar surface area (TPSA) is 118 Å². The zero-order valence-electron chi connectivity index (χ0n) is 21.6. The number of benzene rings is 1. The molecule has 2 fully saturated rings. The second kappa shape index (κ2) is 17.7. The van der Waals surface area contributed by atoms with Gasteiger partial charge in [-0.3, -0.25) is 9.59 Å². The maximum atomic E-state index is 12.0. The van der Waals surface area contributed by atoms with Crippen LogP contribution in [-0.4, -0.2) is 89.5 Å². The molecule has 1 aromatic carbocycles. The molecule has 0 unspecified atom stereocenters. The van der Waals surface area contributed by atoms with Crippen LogP contribution in [-0.2, 0) is 30.4 Å². The summed E-state index contributed by atoms with van der Waals surface area (Å²) in [7, 11) is 3.24. The van der Waals surface area contributed by atoms with Gasteiger partial charge in [0.25, 0.3) is 0 Å². The van der Waals surface area contributed by atoms with Gasteiger partial charge in [0.2, 0.25) is 11.8 Å². The second-order valence-corrected chi connectivity index (χ2v) is 8.89. The van der Waals surface area contributed by atoms with Crippen molar-refractivity contribution >= 4 is 17.9 Å². The van der Waals surface area contributed by atoms with Gasteiger partial charge in [-0.1, -0.05) is 30.3 Å². The van der Waals surface area contributed by atoms with Gasteiger partial charge in [0.05, 0.1) is 13.2 Å². The van der Waals surface area contributed by atoms with Crippen molar-refractivity contribution in [3.8, 4) is 0 Å². The number of piperidine rings is 2. The molecule has 2 aliphatic rings. The van der Waals surface area contributed by atoms with Gasteiger partial charge in [-0.05, 0) is 44.3 Å². The fourth-order valence-electron chi connectivity index (χ4n) is 4.06. The summed E-state index contributed by atoms with van der Waals surface area (Å²) >= 11 is 0. The highest BCUT2D eigenvalue weighted by Crippen LogP contribution is 2.18. The Morgan fingerprint density at radius 3 is 1.92 bits per heavy atom. The highest BCUT2D eigenvalue weighted by Gasteiger charge is 2.27. The first kappa shape index (κ1) is 29.5. The second-order valence-electron chi connectivity index (χ2n) is 8.89. The Balaban J connectivity index is 0.000000297. The highest BCUT2D eigenvalue weighted by molar-refractivity contribution is 5.79. The lowest BCUT2D eigenvalue weighted by atomic mass is 9.96. The van der Waals surface area contributed by atoms with Crippen molar-refractivity contribution in [1.82, 2.24) is 20.9 Å². The third-order valence-electron chi connectivity index (χ3n) is 6.25. The van der Waals surface area contributed by atoms with E-state index in [2.05, 4.69) is 16.0 Å². The fourth-order valence-corrected chi connectivity index (χ4v) is 4.06. The highest BCUT2D eigenvalue weighted by atomic mass is 16.6. The molecule has 0 aliphatic carbocycles. The van der Waals surface area contributed by atoms with E-state index in [1.807, 2.05) is 30.3 Å². The third-order valence-corrected chi connectivity index (χ3v) is 6.25. The van der Waals surface area contributed by atoms with Crippen molar-refractivity contribution in [2.24, 2.45) is 11.8 Å². The van der Waals surface area contributed by atoms with Crippen LogP contribution < -0.4 is 16.0 Å². The molecule has 3 N–H and O–H groups in total. The number of amides is 3. The Hall–Kier alpha value is -2.69. The first-order valence-corrected chi connectivity index (χ1v) is 12.7. The van der Waals surface area contributed by atoms with Crippen LogP contribution in [0.5, 0.6) is 0 Å². The minimum absolute atomic E-state index is 0.0370. The third kappa shape index (κ3) is 11.4. The molecule has 0 saturated carbocycles. The molecule has 3 amide bonds. The number of likely N-dealkylation sites (tertiary alicyclic amines) is 1. The van der Waals surface area contributed by atoms with E-state index in [4.69, 9.17) is 14.2 Å². The summed E-state index contributed by atoms with van der Waals surface area (Å²) in [6.45, 7) is 5.55. The van der Waals surface area contributed by atoms with Crippen LogP contribution in [0, 0.1) is 11.8 Å². The van der Waals surface area contributed by atoms with E-state index < -0.39 is 0 Å². The number of ether oxygens (including phenoxy) is 3. The van der Waals surface area contributed by atoms with Crippen LogP contribution in [0.15, 0.2) is 30.3 Å². The summed E-state index contributed by atoms with van der Waals surface area (Å²) in [5, 5.41) is 8.94. The Kier molecular flexibility index (Phi) is 14.5. The van der Waals surface area contributed by atoms with Gasteiger partial charge >= 0.3 is 6.09 Å². The van der Waals surface area contributed by atoms with E-state index >= 15 is 0 Å². The molecule has 0 aromatic heterocycles. The number of methoxy groups -OCH3 is 2. The Morgan fingerprint density at radius 1 is 0.861 bits per heavy atom. The minimum atomic E-state index is -0.313. The van der Waals surface area contributed by atoms with Gasteiger partial charge < -0.3 is 35.1 Å². The lowest BCUT2D eigenvalue weighted by Gasteiger charge is -2.30. The number of nitrogens with zero attached hydrogens (tertiary/aromatic N) is 1. The molecular weight excluding hydrogens is 464 g/mol. The van der Waals surface area contributed by atoms with Crippen molar-refractivity contribution in [2.45, 2.75) is 32.3 Å². The van der Waals surface area contributed by atoms with E-state index in [0.717, 1.165) is 31.5 Å². The van der Waals surface area contributed by atoms with Gasteiger partial charge in [-0.25, -0.2) is 4.79 Å². The summed E-state index contributed by atoms with van der Waals surface area (Å²) in [5.41, 5.74) is 0.966. The molecule has 202 valence electrons. The van der Waals surface area contributed by atoms with Crippen LogP contribution in [0.4, 0.5) is 4.79 Å². The predicted molar refractivity (Wildman–Crippen MR) is 136 cm³/mol. The van der Waals surface area contributed by atoms with E-state index in [-0.39, 0.29) is 36.4 Å². The lowest BCUT2D eigenvalue weighted by Crippen LogP contribution is -2.43. The zero-order valence-corrected chi connectivity index (χ0v) is 21.6. The van der Waals surface area contributed by atoms with Gasteiger partial charge in [0, 0.05) is 52.2 Å². The van der Waals surface area contributed by atoms with Crippen molar-refractivity contribution in [2.75, 3.05) is 66.7 Å². The summed E-state index contributed by atoms with van der Waals surface area (Å²) in [4.78, 5) is 37.2. The van der Waals surface area contributed by atoms with Gasteiger partial charge in [0.15, 0.2) is 0 Å². The number of rotatable bonds is 10. The standard InChI is InChI=1S/C17H24N2O4.C9H18N2O2/c1-22-12-9-18-16(20)15-7-10-19(11-8-15)17(21)23-13-14-5-3-2-4-6-14;1-13-7-6-11-9(12)8-2-4-10-5-3-8/h2-6,15H,7-13H2,1H3,(H,18,20);8,10H,2-7H2,1H3,(H,11,12). The first-order valence-electron chi connectivity index (χ1n) is 12.7. The smallest absolute Gasteiger partial charge is 0.410 e. The summed E-state index contributed by atoms with van der Waals surface area (Å²) in [5.74, 6) is 0.390. The first-order chi connectivity index (χ1) is 17.5. The molecule has 1 aromatic rings. The number of carbonyl (C=O) groups is 3. The molecule has 10 nitrogen and oxygen atoms in total. The lowest BCUT2D eigenvalue weighted by molar-refractivity contribution is -0.127. The number of hydrogen-bond acceptors (Lipinski definition) is 7. The molecule has 0 atom stereocenters. The molecular formula is C26H42N4O6.